The molecule has 1 aromatic heterocycles. The van der Waals surface area contributed by atoms with E-state index in [1.165, 1.54) is 73.3 Å². The van der Waals surface area contributed by atoms with Gasteiger partial charge in [-0.25, -0.2) is 0 Å². The first-order valence-electron chi connectivity index (χ1n) is 11.7. The molecule has 0 saturated carbocycles. The largest absolute Gasteiger partial charge is 0.493 e. The van der Waals surface area contributed by atoms with E-state index in [-0.39, 0.29) is 0 Å². The number of furan rings is 1. The lowest BCUT2D eigenvalue weighted by atomic mass is 9.98. The molecule has 2 nitrogen and oxygen atoms in total. The van der Waals surface area contributed by atoms with Gasteiger partial charge in [-0.3, -0.25) is 0 Å². The molecule has 3 aromatic rings. The van der Waals surface area contributed by atoms with Crippen molar-refractivity contribution < 1.29 is 9.15 Å². The van der Waals surface area contributed by atoms with Crippen LogP contribution in [0.25, 0.3) is 21.9 Å². The summed E-state index contributed by atoms with van der Waals surface area (Å²) in [6, 6.07) is 8.84. The van der Waals surface area contributed by atoms with E-state index in [0.717, 1.165) is 41.9 Å². The van der Waals surface area contributed by atoms with Crippen LogP contribution in [0.1, 0.15) is 88.3 Å². The quantitative estimate of drug-likeness (QED) is 0.287. The molecule has 0 saturated heterocycles. The van der Waals surface area contributed by atoms with Gasteiger partial charge in [0.05, 0.1) is 6.61 Å². The Bertz CT molecular complexity index is 845. The number of aryl methyl sites for hydroxylation is 3. The second-order valence-electron chi connectivity index (χ2n) is 8.47. The van der Waals surface area contributed by atoms with Crippen molar-refractivity contribution in [1.82, 2.24) is 0 Å². The number of hydrogen-bond acceptors (Lipinski definition) is 2. The van der Waals surface area contributed by atoms with Crippen LogP contribution >= 0.6 is 0 Å². The molecule has 2 heteroatoms. The second-order valence-corrected chi connectivity index (χ2v) is 8.47. The van der Waals surface area contributed by atoms with Gasteiger partial charge in [0.15, 0.2) is 0 Å². The highest BCUT2D eigenvalue weighted by Gasteiger charge is 2.15. The fourth-order valence-electron chi connectivity index (χ4n) is 4.25. The summed E-state index contributed by atoms with van der Waals surface area (Å²) in [4.78, 5) is 0. The molecule has 29 heavy (non-hydrogen) atoms. The molecule has 0 amide bonds. The number of unbranched alkanes of at least 4 members (excludes halogenated alkanes) is 7. The molecule has 0 aliphatic rings. The summed E-state index contributed by atoms with van der Waals surface area (Å²) < 4.78 is 12.5. The normalized spacial score (nSPS) is 11.6. The molecule has 0 radical (unpaired) electrons. The smallest absolute Gasteiger partial charge is 0.142 e. The Morgan fingerprint density at radius 1 is 0.690 bits per heavy atom. The van der Waals surface area contributed by atoms with E-state index in [4.69, 9.17) is 9.15 Å². The maximum Gasteiger partial charge on any atom is 0.142 e. The minimum Gasteiger partial charge on any atom is -0.493 e. The van der Waals surface area contributed by atoms with E-state index >= 15 is 0 Å². The molecule has 0 aliphatic heterocycles. The summed E-state index contributed by atoms with van der Waals surface area (Å²) >= 11 is 0. The third kappa shape index (κ3) is 5.15. The highest BCUT2D eigenvalue weighted by Crippen LogP contribution is 2.37. The standard InChI is InChI=1S/C27H38O2/c1-5-7-9-11-12-14-22-15-16-23-24-17-18-25(28-19-13-10-8-6-2)21(4)27(24)29-26(23)20(22)3/h15-18H,5-14,19H2,1-4H3. The topological polar surface area (TPSA) is 22.4 Å². The lowest BCUT2D eigenvalue weighted by Gasteiger charge is -2.09. The molecule has 158 valence electrons. The highest BCUT2D eigenvalue weighted by molar-refractivity contribution is 6.07. The van der Waals surface area contributed by atoms with Crippen molar-refractivity contribution in [3.05, 3.63) is 41.0 Å². The molecule has 1 heterocycles. The zero-order chi connectivity index (χ0) is 20.6. The molecule has 3 rings (SSSR count). The minimum absolute atomic E-state index is 0.785. The Labute approximate surface area is 176 Å². The van der Waals surface area contributed by atoms with E-state index < -0.39 is 0 Å². The van der Waals surface area contributed by atoms with Crippen LogP contribution in [0.2, 0.25) is 0 Å². The van der Waals surface area contributed by atoms with Crippen molar-refractivity contribution >= 4 is 21.9 Å². The zero-order valence-corrected chi connectivity index (χ0v) is 18.9. The zero-order valence-electron chi connectivity index (χ0n) is 18.9. The molecule has 0 unspecified atom stereocenters. The van der Waals surface area contributed by atoms with Gasteiger partial charge in [-0.05, 0) is 56.4 Å². The maximum atomic E-state index is 6.41. The first-order valence-corrected chi connectivity index (χ1v) is 11.7. The summed E-state index contributed by atoms with van der Waals surface area (Å²) in [7, 11) is 0. The van der Waals surface area contributed by atoms with Crippen molar-refractivity contribution in [2.45, 2.75) is 91.9 Å². The number of rotatable bonds is 12. The maximum absolute atomic E-state index is 6.41. The number of benzene rings is 2. The molecule has 0 atom stereocenters. The third-order valence-electron chi connectivity index (χ3n) is 6.17. The average Bonchev–Trinajstić information content (AvgIpc) is 3.11. The summed E-state index contributed by atoms with van der Waals surface area (Å²) in [5, 5.41) is 2.43. The fourth-order valence-corrected chi connectivity index (χ4v) is 4.25. The van der Waals surface area contributed by atoms with Gasteiger partial charge >= 0.3 is 0 Å². The summed E-state index contributed by atoms with van der Waals surface area (Å²) in [5.41, 5.74) is 5.88. The lowest BCUT2D eigenvalue weighted by Crippen LogP contribution is -1.98. The molecular formula is C27H38O2. The first kappa shape index (κ1) is 21.7. The lowest BCUT2D eigenvalue weighted by molar-refractivity contribution is 0.303. The number of ether oxygens (including phenoxy) is 1. The monoisotopic (exact) mass is 394 g/mol. The Kier molecular flexibility index (Phi) is 8.03. The Hall–Kier alpha value is -1.96. The predicted molar refractivity (Wildman–Crippen MR) is 125 cm³/mol. The summed E-state index contributed by atoms with van der Waals surface area (Å²) in [6.45, 7) is 9.63. The second kappa shape index (κ2) is 10.7. The van der Waals surface area contributed by atoms with Crippen LogP contribution in [0, 0.1) is 13.8 Å². The average molecular weight is 395 g/mol. The van der Waals surface area contributed by atoms with Crippen LogP contribution in [0.4, 0.5) is 0 Å². The van der Waals surface area contributed by atoms with E-state index in [1.54, 1.807) is 0 Å². The molecule has 0 bridgehead atoms. The van der Waals surface area contributed by atoms with E-state index in [9.17, 15) is 0 Å². The SMILES string of the molecule is CCCCCCCc1ccc2c(oc3c(C)c(OCCCCCC)ccc32)c1C. The van der Waals surface area contributed by atoms with E-state index in [1.807, 2.05) is 0 Å². The van der Waals surface area contributed by atoms with Crippen LogP contribution in [0.3, 0.4) is 0 Å². The van der Waals surface area contributed by atoms with Crippen LogP contribution in [-0.4, -0.2) is 6.61 Å². The molecule has 2 aromatic carbocycles. The molecular weight excluding hydrogens is 356 g/mol. The minimum atomic E-state index is 0.785. The highest BCUT2D eigenvalue weighted by atomic mass is 16.5. The van der Waals surface area contributed by atoms with Gasteiger partial charge in [0.25, 0.3) is 0 Å². The van der Waals surface area contributed by atoms with Crippen molar-refractivity contribution in [3.8, 4) is 5.75 Å². The molecule has 0 aliphatic carbocycles. The van der Waals surface area contributed by atoms with Crippen molar-refractivity contribution in [2.75, 3.05) is 6.61 Å². The molecule has 0 N–H and O–H groups in total. The van der Waals surface area contributed by atoms with Crippen LogP contribution in [0.15, 0.2) is 28.7 Å². The van der Waals surface area contributed by atoms with Gasteiger partial charge in [-0.1, -0.05) is 70.9 Å². The van der Waals surface area contributed by atoms with Gasteiger partial charge in [0.2, 0.25) is 0 Å². The molecule has 0 fully saturated rings. The number of fused-ring (bicyclic) bond motifs is 3. The third-order valence-corrected chi connectivity index (χ3v) is 6.17. The van der Waals surface area contributed by atoms with Gasteiger partial charge < -0.3 is 9.15 Å². The van der Waals surface area contributed by atoms with Crippen molar-refractivity contribution in [2.24, 2.45) is 0 Å². The van der Waals surface area contributed by atoms with Crippen molar-refractivity contribution in [3.63, 3.8) is 0 Å². The van der Waals surface area contributed by atoms with E-state index in [2.05, 4.69) is 52.0 Å². The predicted octanol–water partition coefficient (Wildman–Crippen LogP) is 8.67. The van der Waals surface area contributed by atoms with Gasteiger partial charge in [-0.15, -0.1) is 0 Å². The van der Waals surface area contributed by atoms with Gasteiger partial charge in [0, 0.05) is 16.3 Å². The van der Waals surface area contributed by atoms with Crippen LogP contribution in [-0.2, 0) is 6.42 Å². The Morgan fingerprint density at radius 2 is 1.31 bits per heavy atom. The molecule has 0 spiro atoms. The van der Waals surface area contributed by atoms with Crippen molar-refractivity contribution in [1.29, 1.82) is 0 Å². The number of hydrogen-bond donors (Lipinski definition) is 0. The van der Waals surface area contributed by atoms with E-state index in [0.29, 0.717) is 0 Å². The van der Waals surface area contributed by atoms with Gasteiger partial charge in [0.1, 0.15) is 16.9 Å². The summed E-state index contributed by atoms with van der Waals surface area (Å²) in [6.07, 6.45) is 12.6. The van der Waals surface area contributed by atoms with Crippen LogP contribution in [0.5, 0.6) is 5.75 Å². The summed E-state index contributed by atoms with van der Waals surface area (Å²) in [5.74, 6) is 0.960. The Balaban J connectivity index is 1.77. The van der Waals surface area contributed by atoms with Gasteiger partial charge in [-0.2, -0.15) is 0 Å². The Morgan fingerprint density at radius 3 is 2.03 bits per heavy atom. The fraction of sp³-hybridized carbons (Fsp3) is 0.556. The first-order chi connectivity index (χ1) is 14.2. The van der Waals surface area contributed by atoms with Crippen LogP contribution < -0.4 is 4.74 Å².